The predicted molar refractivity (Wildman–Crippen MR) is 118 cm³/mol. The van der Waals surface area contributed by atoms with Crippen LogP contribution in [-0.2, 0) is 25.9 Å². The number of likely N-dealkylation sites (tertiary alicyclic amines) is 1. The first-order valence-corrected chi connectivity index (χ1v) is 11.8. The van der Waals surface area contributed by atoms with Crippen LogP contribution in [0.3, 0.4) is 0 Å². The van der Waals surface area contributed by atoms with Crippen LogP contribution in [0.15, 0.2) is 33.5 Å². The molecule has 0 saturated carbocycles. The van der Waals surface area contributed by atoms with Gasteiger partial charge in [0.2, 0.25) is 0 Å². The molecule has 6 heteroatoms. The number of hydrogen-bond acceptors (Lipinski definition) is 4. The number of benzene rings is 1. The van der Waals surface area contributed by atoms with E-state index in [0.717, 1.165) is 58.6 Å². The average Bonchev–Trinajstić information content (AvgIpc) is 3.33. The second kappa shape index (κ2) is 7.73. The van der Waals surface area contributed by atoms with Crippen molar-refractivity contribution in [2.75, 3.05) is 13.1 Å². The lowest BCUT2D eigenvalue weighted by atomic mass is 9.97. The normalized spacial score (nSPS) is 17.3. The molecule has 0 unspecified atom stereocenters. The van der Waals surface area contributed by atoms with Gasteiger partial charge < -0.3 is 0 Å². The molecule has 1 saturated heterocycles. The van der Waals surface area contributed by atoms with Crippen LogP contribution in [-0.4, -0.2) is 27.5 Å². The van der Waals surface area contributed by atoms with Gasteiger partial charge in [-0.05, 0) is 74.9 Å². The Kier molecular flexibility index (Phi) is 5.11. The molecule has 3 aromatic rings. The molecule has 0 atom stereocenters. The summed E-state index contributed by atoms with van der Waals surface area (Å²) in [5, 5.41) is 0.891. The van der Waals surface area contributed by atoms with Crippen molar-refractivity contribution in [3.05, 3.63) is 60.9 Å². The van der Waals surface area contributed by atoms with Crippen LogP contribution in [0.2, 0.25) is 0 Å². The zero-order valence-electron chi connectivity index (χ0n) is 15.9. The van der Waals surface area contributed by atoms with Crippen molar-refractivity contribution < 1.29 is 0 Å². The first kappa shape index (κ1) is 18.5. The van der Waals surface area contributed by atoms with Crippen LogP contribution in [0.25, 0.3) is 10.2 Å². The van der Waals surface area contributed by atoms with Crippen molar-refractivity contribution in [3.63, 3.8) is 0 Å². The quantitative estimate of drug-likeness (QED) is 0.567. The Morgan fingerprint density at radius 1 is 1.00 bits per heavy atom. The van der Waals surface area contributed by atoms with Gasteiger partial charge in [-0.3, -0.25) is 14.3 Å². The number of nitrogens with zero attached hydrogens (tertiary/aromatic N) is 3. The summed E-state index contributed by atoms with van der Waals surface area (Å²) in [6.45, 7) is 3.56. The predicted octanol–water partition coefficient (Wildman–Crippen LogP) is 4.74. The van der Waals surface area contributed by atoms with Gasteiger partial charge in [-0.1, -0.05) is 28.1 Å². The summed E-state index contributed by atoms with van der Waals surface area (Å²) in [5.74, 6) is 0.918. The molecule has 1 fully saturated rings. The van der Waals surface area contributed by atoms with Gasteiger partial charge in [0.25, 0.3) is 5.56 Å². The molecule has 146 valence electrons. The summed E-state index contributed by atoms with van der Waals surface area (Å²) in [5.41, 5.74) is 2.57. The molecule has 2 aromatic heterocycles. The van der Waals surface area contributed by atoms with Gasteiger partial charge in [-0.15, -0.1) is 11.3 Å². The molecule has 3 heterocycles. The highest BCUT2D eigenvalue weighted by Crippen LogP contribution is 2.34. The van der Waals surface area contributed by atoms with E-state index in [1.165, 1.54) is 36.1 Å². The highest BCUT2D eigenvalue weighted by Gasteiger charge is 2.23. The SMILES string of the molecule is O=c1c2c3c(sc2nc(CN2CCCC2)n1Cc1ccc(Br)cc1)CCCC3. The fraction of sp³-hybridized carbons (Fsp3) is 0.455. The van der Waals surface area contributed by atoms with Gasteiger partial charge in [0.05, 0.1) is 18.5 Å². The van der Waals surface area contributed by atoms with E-state index >= 15 is 0 Å². The number of aromatic nitrogens is 2. The maximum absolute atomic E-state index is 13.6. The van der Waals surface area contributed by atoms with Gasteiger partial charge in [0, 0.05) is 9.35 Å². The smallest absolute Gasteiger partial charge is 0.262 e. The summed E-state index contributed by atoms with van der Waals surface area (Å²) in [6, 6.07) is 8.25. The van der Waals surface area contributed by atoms with E-state index in [0.29, 0.717) is 6.54 Å². The van der Waals surface area contributed by atoms with Crippen molar-refractivity contribution >= 4 is 37.5 Å². The Balaban J connectivity index is 1.63. The van der Waals surface area contributed by atoms with Crippen molar-refractivity contribution in [3.8, 4) is 0 Å². The lowest BCUT2D eigenvalue weighted by Crippen LogP contribution is -2.30. The summed E-state index contributed by atoms with van der Waals surface area (Å²) in [7, 11) is 0. The van der Waals surface area contributed by atoms with Crippen LogP contribution >= 0.6 is 27.3 Å². The Bertz CT molecular complexity index is 1060. The third kappa shape index (κ3) is 3.46. The van der Waals surface area contributed by atoms with Crippen LogP contribution in [0, 0.1) is 0 Å². The van der Waals surface area contributed by atoms with Crippen LogP contribution < -0.4 is 5.56 Å². The molecule has 0 radical (unpaired) electrons. The van der Waals surface area contributed by atoms with Crippen LogP contribution in [0.4, 0.5) is 0 Å². The Hall–Kier alpha value is -1.50. The third-order valence-electron chi connectivity index (χ3n) is 5.97. The highest BCUT2D eigenvalue weighted by molar-refractivity contribution is 9.10. The number of halogens is 1. The molecule has 28 heavy (non-hydrogen) atoms. The molecule has 0 amide bonds. The van der Waals surface area contributed by atoms with Crippen molar-refractivity contribution in [2.45, 2.75) is 51.6 Å². The Morgan fingerprint density at radius 2 is 1.75 bits per heavy atom. The fourth-order valence-corrected chi connectivity index (χ4v) is 6.01. The second-order valence-electron chi connectivity index (χ2n) is 7.92. The van der Waals surface area contributed by atoms with Crippen molar-refractivity contribution in [2.24, 2.45) is 0 Å². The lowest BCUT2D eigenvalue weighted by Gasteiger charge is -2.18. The Labute approximate surface area is 177 Å². The molecule has 4 nitrogen and oxygen atoms in total. The molecule has 1 aliphatic carbocycles. The zero-order chi connectivity index (χ0) is 19.1. The molecule has 0 spiro atoms. The van der Waals surface area contributed by atoms with Crippen LogP contribution in [0.1, 0.15) is 47.5 Å². The van der Waals surface area contributed by atoms with E-state index in [1.54, 1.807) is 11.3 Å². The topological polar surface area (TPSA) is 38.1 Å². The van der Waals surface area contributed by atoms with E-state index in [2.05, 4.69) is 33.0 Å². The van der Waals surface area contributed by atoms with E-state index in [9.17, 15) is 4.79 Å². The third-order valence-corrected chi connectivity index (χ3v) is 7.69. The summed E-state index contributed by atoms with van der Waals surface area (Å²) < 4.78 is 2.99. The Morgan fingerprint density at radius 3 is 2.54 bits per heavy atom. The number of hydrogen-bond donors (Lipinski definition) is 0. The molecule has 0 bridgehead atoms. The van der Waals surface area contributed by atoms with Crippen LogP contribution in [0.5, 0.6) is 0 Å². The first-order valence-electron chi connectivity index (χ1n) is 10.2. The minimum absolute atomic E-state index is 0.154. The van der Waals surface area contributed by atoms with Gasteiger partial charge in [-0.25, -0.2) is 4.98 Å². The fourth-order valence-electron chi connectivity index (χ4n) is 4.48. The average molecular weight is 458 g/mol. The second-order valence-corrected chi connectivity index (χ2v) is 9.92. The van der Waals surface area contributed by atoms with E-state index in [1.807, 2.05) is 16.7 Å². The standard InChI is InChI=1S/C22H24BrN3OS/c23-16-9-7-15(8-10-16)13-26-19(14-25-11-3-4-12-25)24-21-20(22(26)27)17-5-1-2-6-18(17)28-21/h7-10H,1-6,11-14H2. The number of aryl methyl sites for hydroxylation is 2. The number of rotatable bonds is 4. The van der Waals surface area contributed by atoms with E-state index < -0.39 is 0 Å². The maximum Gasteiger partial charge on any atom is 0.262 e. The van der Waals surface area contributed by atoms with Crippen molar-refractivity contribution in [1.29, 1.82) is 0 Å². The summed E-state index contributed by atoms with van der Waals surface area (Å²) >= 11 is 5.25. The maximum atomic E-state index is 13.6. The lowest BCUT2D eigenvalue weighted by molar-refractivity contribution is 0.315. The molecule has 5 rings (SSSR count). The molecule has 1 aliphatic heterocycles. The summed E-state index contributed by atoms with van der Waals surface area (Å²) in [6.07, 6.45) is 7.02. The molecule has 0 N–H and O–H groups in total. The minimum Gasteiger partial charge on any atom is -0.296 e. The minimum atomic E-state index is 0.154. The van der Waals surface area contributed by atoms with Gasteiger partial charge >= 0.3 is 0 Å². The number of thiophene rings is 1. The first-order chi connectivity index (χ1) is 13.7. The number of fused-ring (bicyclic) bond motifs is 3. The molecule has 1 aromatic carbocycles. The monoisotopic (exact) mass is 457 g/mol. The van der Waals surface area contributed by atoms with E-state index in [-0.39, 0.29) is 5.56 Å². The largest absolute Gasteiger partial charge is 0.296 e. The van der Waals surface area contributed by atoms with Gasteiger partial charge in [-0.2, -0.15) is 0 Å². The van der Waals surface area contributed by atoms with Crippen molar-refractivity contribution in [1.82, 2.24) is 14.5 Å². The van der Waals surface area contributed by atoms with E-state index in [4.69, 9.17) is 4.98 Å². The van der Waals surface area contributed by atoms with Gasteiger partial charge in [0.15, 0.2) is 0 Å². The summed E-state index contributed by atoms with van der Waals surface area (Å²) in [4.78, 5) is 23.5. The zero-order valence-corrected chi connectivity index (χ0v) is 18.3. The molecular weight excluding hydrogens is 434 g/mol. The highest BCUT2D eigenvalue weighted by atomic mass is 79.9. The van der Waals surface area contributed by atoms with Gasteiger partial charge in [0.1, 0.15) is 10.7 Å². The molecular formula is C22H24BrN3OS. The molecule has 2 aliphatic rings.